The quantitative estimate of drug-likeness (QED) is 0.694. The Hall–Kier alpha value is -1.31. The first-order valence-electron chi connectivity index (χ1n) is 7.33. The third kappa shape index (κ3) is 5.06. The fraction of sp³-hybridized carbons (Fsp3) is 0.588. The van der Waals surface area contributed by atoms with Gasteiger partial charge in [-0.3, -0.25) is 4.79 Å². The van der Waals surface area contributed by atoms with Crippen molar-refractivity contribution in [1.29, 1.82) is 0 Å². The molecule has 0 aromatic heterocycles. The van der Waals surface area contributed by atoms with Gasteiger partial charge in [0.15, 0.2) is 0 Å². The predicted octanol–water partition coefficient (Wildman–Crippen LogP) is 4.39. The van der Waals surface area contributed by atoms with Crippen LogP contribution in [0.2, 0.25) is 0 Å². The molecule has 0 amide bonds. The number of carbonyl (C=O) groups excluding carboxylic acids is 1. The zero-order valence-electron chi connectivity index (χ0n) is 12.7. The molecule has 0 bridgehead atoms. The molecule has 0 aliphatic heterocycles. The van der Waals surface area contributed by atoms with Crippen molar-refractivity contribution >= 4 is 5.78 Å². The van der Waals surface area contributed by atoms with Crippen LogP contribution in [-0.4, -0.2) is 12.4 Å². The second-order valence-corrected chi connectivity index (χ2v) is 5.12. The average molecular weight is 262 g/mol. The zero-order valence-corrected chi connectivity index (χ0v) is 12.7. The maximum absolute atomic E-state index is 11.5. The standard InChI is InChI=1S/C17H26O2/c1-5-8-16(18)10-7-9-15-11-14(4)17(19-6-2)12-13(15)3/h11-12H,5-10H2,1-4H3. The largest absolute Gasteiger partial charge is 0.494 e. The summed E-state index contributed by atoms with van der Waals surface area (Å²) >= 11 is 0. The molecule has 1 rings (SSSR count). The molecule has 2 nitrogen and oxygen atoms in total. The molecule has 2 heteroatoms. The van der Waals surface area contributed by atoms with Crippen LogP contribution in [0.1, 0.15) is 56.2 Å². The number of aryl methyl sites for hydroxylation is 3. The summed E-state index contributed by atoms with van der Waals surface area (Å²) in [5, 5.41) is 0. The van der Waals surface area contributed by atoms with E-state index in [2.05, 4.69) is 32.9 Å². The first-order chi connectivity index (χ1) is 9.08. The lowest BCUT2D eigenvalue weighted by atomic mass is 9.98. The highest BCUT2D eigenvalue weighted by Gasteiger charge is 2.06. The number of Topliss-reactive ketones (excluding diaryl/α,β-unsaturated/α-hetero) is 1. The summed E-state index contributed by atoms with van der Waals surface area (Å²) in [6.07, 6.45) is 4.32. The third-order valence-corrected chi connectivity index (χ3v) is 3.36. The molecular weight excluding hydrogens is 236 g/mol. The van der Waals surface area contributed by atoms with E-state index in [1.54, 1.807) is 0 Å². The summed E-state index contributed by atoms with van der Waals surface area (Å²) < 4.78 is 5.59. The maximum atomic E-state index is 11.5. The van der Waals surface area contributed by atoms with Crippen LogP contribution < -0.4 is 4.74 Å². The Bertz CT molecular complexity index is 422. The fourth-order valence-corrected chi connectivity index (χ4v) is 2.31. The molecule has 0 unspecified atom stereocenters. The van der Waals surface area contributed by atoms with Crippen LogP contribution in [0.25, 0.3) is 0 Å². The molecule has 0 radical (unpaired) electrons. The van der Waals surface area contributed by atoms with E-state index in [0.717, 1.165) is 31.4 Å². The van der Waals surface area contributed by atoms with E-state index in [0.29, 0.717) is 18.8 Å². The second-order valence-electron chi connectivity index (χ2n) is 5.12. The van der Waals surface area contributed by atoms with Crippen molar-refractivity contribution in [2.45, 2.75) is 59.8 Å². The molecule has 1 aromatic carbocycles. The normalized spacial score (nSPS) is 10.5. The summed E-state index contributed by atoms with van der Waals surface area (Å²) in [6, 6.07) is 4.31. The molecule has 0 saturated heterocycles. The number of rotatable bonds is 8. The van der Waals surface area contributed by atoms with E-state index in [4.69, 9.17) is 4.74 Å². The summed E-state index contributed by atoms with van der Waals surface area (Å²) in [6.45, 7) is 8.95. The van der Waals surface area contributed by atoms with Crippen molar-refractivity contribution in [2.75, 3.05) is 6.61 Å². The Kier molecular flexibility index (Phi) is 6.61. The molecule has 0 aliphatic rings. The number of hydrogen-bond acceptors (Lipinski definition) is 2. The monoisotopic (exact) mass is 262 g/mol. The minimum absolute atomic E-state index is 0.391. The first kappa shape index (κ1) is 15.7. The van der Waals surface area contributed by atoms with Gasteiger partial charge >= 0.3 is 0 Å². The molecule has 0 saturated carbocycles. The summed E-state index contributed by atoms with van der Waals surface area (Å²) in [4.78, 5) is 11.5. The first-order valence-corrected chi connectivity index (χ1v) is 7.33. The highest BCUT2D eigenvalue weighted by Crippen LogP contribution is 2.24. The molecule has 1 aromatic rings. The highest BCUT2D eigenvalue weighted by molar-refractivity contribution is 5.78. The smallest absolute Gasteiger partial charge is 0.132 e. The molecule has 0 aliphatic carbocycles. The van der Waals surface area contributed by atoms with Gasteiger partial charge in [0.1, 0.15) is 11.5 Å². The lowest BCUT2D eigenvalue weighted by molar-refractivity contribution is -0.119. The number of hydrogen-bond donors (Lipinski definition) is 0. The SMILES string of the molecule is CCCC(=O)CCCc1cc(C)c(OCC)cc1C. The van der Waals surface area contributed by atoms with Crippen LogP contribution >= 0.6 is 0 Å². The van der Waals surface area contributed by atoms with Crippen molar-refractivity contribution in [3.63, 3.8) is 0 Å². The Morgan fingerprint density at radius 2 is 1.84 bits per heavy atom. The fourth-order valence-electron chi connectivity index (χ4n) is 2.31. The maximum Gasteiger partial charge on any atom is 0.132 e. The van der Waals surface area contributed by atoms with Crippen LogP contribution in [0.15, 0.2) is 12.1 Å². The van der Waals surface area contributed by atoms with E-state index in [1.807, 2.05) is 6.92 Å². The number of ether oxygens (including phenoxy) is 1. The van der Waals surface area contributed by atoms with Gasteiger partial charge < -0.3 is 4.74 Å². The van der Waals surface area contributed by atoms with Gasteiger partial charge in [0.2, 0.25) is 0 Å². The van der Waals surface area contributed by atoms with Crippen LogP contribution in [0.5, 0.6) is 5.75 Å². The molecule has 0 heterocycles. The Morgan fingerprint density at radius 1 is 1.11 bits per heavy atom. The van der Waals surface area contributed by atoms with Crippen molar-refractivity contribution in [3.8, 4) is 5.75 Å². The summed E-state index contributed by atoms with van der Waals surface area (Å²) in [5.41, 5.74) is 3.78. The van der Waals surface area contributed by atoms with E-state index in [9.17, 15) is 4.79 Å². The molecule has 0 spiro atoms. The number of ketones is 1. The van der Waals surface area contributed by atoms with E-state index < -0.39 is 0 Å². The number of carbonyl (C=O) groups is 1. The van der Waals surface area contributed by atoms with Gasteiger partial charge in [0.25, 0.3) is 0 Å². The molecule has 106 valence electrons. The van der Waals surface area contributed by atoms with Gasteiger partial charge in [-0.25, -0.2) is 0 Å². The Morgan fingerprint density at radius 3 is 2.47 bits per heavy atom. The van der Waals surface area contributed by atoms with E-state index in [1.165, 1.54) is 16.7 Å². The second kappa shape index (κ2) is 7.98. The van der Waals surface area contributed by atoms with Gasteiger partial charge in [-0.1, -0.05) is 13.0 Å². The Balaban J connectivity index is 2.59. The van der Waals surface area contributed by atoms with Crippen LogP contribution in [0, 0.1) is 13.8 Å². The zero-order chi connectivity index (χ0) is 14.3. The van der Waals surface area contributed by atoms with Crippen LogP contribution in [0.3, 0.4) is 0 Å². The summed E-state index contributed by atoms with van der Waals surface area (Å²) in [7, 11) is 0. The van der Waals surface area contributed by atoms with Gasteiger partial charge in [-0.05, 0) is 62.8 Å². The van der Waals surface area contributed by atoms with Crippen molar-refractivity contribution in [1.82, 2.24) is 0 Å². The topological polar surface area (TPSA) is 26.3 Å². The van der Waals surface area contributed by atoms with E-state index >= 15 is 0 Å². The Labute approximate surface area is 117 Å². The minimum Gasteiger partial charge on any atom is -0.494 e. The van der Waals surface area contributed by atoms with Crippen molar-refractivity contribution in [2.24, 2.45) is 0 Å². The molecular formula is C17H26O2. The average Bonchev–Trinajstić information content (AvgIpc) is 2.35. The van der Waals surface area contributed by atoms with Gasteiger partial charge in [0, 0.05) is 12.8 Å². The van der Waals surface area contributed by atoms with E-state index in [-0.39, 0.29) is 0 Å². The third-order valence-electron chi connectivity index (χ3n) is 3.36. The van der Waals surface area contributed by atoms with Crippen LogP contribution in [0.4, 0.5) is 0 Å². The summed E-state index contributed by atoms with van der Waals surface area (Å²) in [5.74, 6) is 1.37. The van der Waals surface area contributed by atoms with Crippen molar-refractivity contribution in [3.05, 3.63) is 28.8 Å². The molecule has 0 N–H and O–H groups in total. The van der Waals surface area contributed by atoms with Crippen LogP contribution in [-0.2, 0) is 11.2 Å². The highest BCUT2D eigenvalue weighted by atomic mass is 16.5. The molecule has 0 fully saturated rings. The lowest BCUT2D eigenvalue weighted by Gasteiger charge is -2.12. The molecule has 0 atom stereocenters. The van der Waals surface area contributed by atoms with Crippen molar-refractivity contribution < 1.29 is 9.53 Å². The number of benzene rings is 1. The predicted molar refractivity (Wildman–Crippen MR) is 79.9 cm³/mol. The van der Waals surface area contributed by atoms with Gasteiger partial charge in [-0.15, -0.1) is 0 Å². The molecule has 19 heavy (non-hydrogen) atoms. The minimum atomic E-state index is 0.391. The lowest BCUT2D eigenvalue weighted by Crippen LogP contribution is -2.00. The van der Waals surface area contributed by atoms with Gasteiger partial charge in [-0.2, -0.15) is 0 Å². The van der Waals surface area contributed by atoms with Gasteiger partial charge in [0.05, 0.1) is 6.61 Å².